The molecule has 2 heterocycles. The van der Waals surface area contributed by atoms with Crippen LogP contribution in [0.4, 0.5) is 0 Å². The van der Waals surface area contributed by atoms with E-state index in [2.05, 4.69) is 41.6 Å². The zero-order valence-electron chi connectivity index (χ0n) is 15.3. The SMILES string of the molecule is CCCNC(=O)c1cnn2c(C)c(Cc3ccccc3C)c(C)nc12. The zero-order chi connectivity index (χ0) is 18.0. The Balaban J connectivity index is 2.03. The number of hydrogen-bond acceptors (Lipinski definition) is 3. The Kier molecular flexibility index (Phi) is 4.83. The van der Waals surface area contributed by atoms with Gasteiger partial charge < -0.3 is 5.32 Å². The third kappa shape index (κ3) is 3.27. The second-order valence-electron chi connectivity index (χ2n) is 6.41. The fourth-order valence-corrected chi connectivity index (χ4v) is 3.06. The van der Waals surface area contributed by atoms with E-state index >= 15 is 0 Å². The molecule has 1 N–H and O–H groups in total. The van der Waals surface area contributed by atoms with Crippen molar-refractivity contribution in [2.45, 2.75) is 40.5 Å². The topological polar surface area (TPSA) is 59.3 Å². The Morgan fingerprint density at radius 2 is 1.96 bits per heavy atom. The van der Waals surface area contributed by atoms with Crippen molar-refractivity contribution in [3.05, 3.63) is 64.1 Å². The van der Waals surface area contributed by atoms with Crippen LogP contribution >= 0.6 is 0 Å². The van der Waals surface area contributed by atoms with Crippen LogP contribution in [0.2, 0.25) is 0 Å². The molecule has 25 heavy (non-hydrogen) atoms. The van der Waals surface area contributed by atoms with Crippen LogP contribution in [0, 0.1) is 20.8 Å². The first-order valence-corrected chi connectivity index (χ1v) is 8.69. The summed E-state index contributed by atoms with van der Waals surface area (Å²) < 4.78 is 1.78. The highest BCUT2D eigenvalue weighted by Gasteiger charge is 2.18. The summed E-state index contributed by atoms with van der Waals surface area (Å²) in [7, 11) is 0. The molecule has 5 nitrogen and oxygen atoms in total. The molecule has 3 rings (SSSR count). The van der Waals surface area contributed by atoms with E-state index in [4.69, 9.17) is 4.98 Å². The maximum Gasteiger partial charge on any atom is 0.256 e. The highest BCUT2D eigenvalue weighted by Crippen LogP contribution is 2.21. The number of fused-ring (bicyclic) bond motifs is 1. The molecule has 0 spiro atoms. The molecule has 0 saturated heterocycles. The molecule has 5 heteroatoms. The van der Waals surface area contributed by atoms with Crippen LogP contribution in [0.15, 0.2) is 30.5 Å². The molecule has 0 radical (unpaired) electrons. The van der Waals surface area contributed by atoms with E-state index in [0.717, 1.165) is 29.8 Å². The van der Waals surface area contributed by atoms with Gasteiger partial charge in [-0.05, 0) is 43.9 Å². The summed E-state index contributed by atoms with van der Waals surface area (Å²) in [5, 5.41) is 7.30. The normalized spacial score (nSPS) is 11.0. The summed E-state index contributed by atoms with van der Waals surface area (Å²) in [4.78, 5) is 17.0. The first-order valence-electron chi connectivity index (χ1n) is 8.69. The number of benzene rings is 1. The number of hydrogen-bond donors (Lipinski definition) is 1. The van der Waals surface area contributed by atoms with Gasteiger partial charge in [0.05, 0.1) is 6.20 Å². The Bertz CT molecular complexity index is 927. The lowest BCUT2D eigenvalue weighted by Crippen LogP contribution is -2.24. The van der Waals surface area contributed by atoms with E-state index in [0.29, 0.717) is 17.8 Å². The molecule has 0 saturated carbocycles. The van der Waals surface area contributed by atoms with E-state index in [-0.39, 0.29) is 5.91 Å². The minimum Gasteiger partial charge on any atom is -0.352 e. The van der Waals surface area contributed by atoms with E-state index in [1.165, 1.54) is 11.1 Å². The predicted octanol–water partition coefficient (Wildman–Crippen LogP) is 3.39. The minimum atomic E-state index is -0.116. The summed E-state index contributed by atoms with van der Waals surface area (Å²) in [6.07, 6.45) is 3.32. The molecule has 1 amide bonds. The van der Waals surface area contributed by atoms with Gasteiger partial charge in [-0.25, -0.2) is 9.50 Å². The molecule has 0 aliphatic rings. The van der Waals surface area contributed by atoms with Crippen molar-refractivity contribution in [3.8, 4) is 0 Å². The maximum atomic E-state index is 12.3. The molecule has 130 valence electrons. The molecule has 0 aliphatic carbocycles. The van der Waals surface area contributed by atoms with Crippen LogP contribution in [0.3, 0.4) is 0 Å². The number of nitrogens with zero attached hydrogens (tertiary/aromatic N) is 3. The van der Waals surface area contributed by atoms with Crippen molar-refractivity contribution >= 4 is 11.6 Å². The number of aromatic nitrogens is 3. The highest BCUT2D eigenvalue weighted by molar-refractivity contribution is 5.99. The van der Waals surface area contributed by atoms with Gasteiger partial charge in [-0.1, -0.05) is 31.2 Å². The Labute approximate surface area is 148 Å². The van der Waals surface area contributed by atoms with Gasteiger partial charge in [-0.15, -0.1) is 0 Å². The van der Waals surface area contributed by atoms with Crippen LogP contribution < -0.4 is 5.32 Å². The van der Waals surface area contributed by atoms with Crippen LogP contribution in [-0.2, 0) is 6.42 Å². The van der Waals surface area contributed by atoms with E-state index < -0.39 is 0 Å². The van der Waals surface area contributed by atoms with Crippen molar-refractivity contribution < 1.29 is 4.79 Å². The summed E-state index contributed by atoms with van der Waals surface area (Å²) in [6, 6.07) is 8.37. The van der Waals surface area contributed by atoms with Crippen molar-refractivity contribution in [3.63, 3.8) is 0 Å². The molecule has 1 aromatic carbocycles. The van der Waals surface area contributed by atoms with Crippen LogP contribution in [0.5, 0.6) is 0 Å². The molecule has 0 atom stereocenters. The van der Waals surface area contributed by atoms with Crippen molar-refractivity contribution in [1.29, 1.82) is 0 Å². The maximum absolute atomic E-state index is 12.3. The van der Waals surface area contributed by atoms with Crippen molar-refractivity contribution in [2.24, 2.45) is 0 Å². The number of rotatable bonds is 5. The zero-order valence-corrected chi connectivity index (χ0v) is 15.3. The number of carbonyl (C=O) groups is 1. The summed E-state index contributed by atoms with van der Waals surface area (Å²) in [5.41, 5.74) is 6.83. The van der Waals surface area contributed by atoms with Crippen LogP contribution in [0.1, 0.15) is 51.8 Å². The molecule has 0 fully saturated rings. The fraction of sp³-hybridized carbons (Fsp3) is 0.350. The summed E-state index contributed by atoms with van der Waals surface area (Å²) in [5.74, 6) is -0.116. The number of aryl methyl sites for hydroxylation is 3. The van der Waals surface area contributed by atoms with Gasteiger partial charge in [-0.2, -0.15) is 5.10 Å². The second-order valence-corrected chi connectivity index (χ2v) is 6.41. The number of carbonyl (C=O) groups excluding carboxylic acids is 1. The van der Waals surface area contributed by atoms with Crippen LogP contribution in [0.25, 0.3) is 5.65 Å². The second kappa shape index (κ2) is 7.05. The summed E-state index contributed by atoms with van der Waals surface area (Å²) >= 11 is 0. The predicted molar refractivity (Wildman–Crippen MR) is 99.1 cm³/mol. The molecule has 0 bridgehead atoms. The van der Waals surface area contributed by atoms with Crippen molar-refractivity contribution in [2.75, 3.05) is 6.54 Å². The largest absolute Gasteiger partial charge is 0.352 e. The van der Waals surface area contributed by atoms with Gasteiger partial charge in [0, 0.05) is 24.4 Å². The molecule has 0 unspecified atom stereocenters. The molecule has 2 aromatic heterocycles. The van der Waals surface area contributed by atoms with Gasteiger partial charge in [0.2, 0.25) is 0 Å². The fourth-order valence-electron chi connectivity index (χ4n) is 3.06. The van der Waals surface area contributed by atoms with Gasteiger partial charge >= 0.3 is 0 Å². The average molecular weight is 336 g/mol. The molecule has 0 aliphatic heterocycles. The van der Waals surface area contributed by atoms with Gasteiger partial charge in [0.1, 0.15) is 5.56 Å². The van der Waals surface area contributed by atoms with E-state index in [9.17, 15) is 4.79 Å². The van der Waals surface area contributed by atoms with Crippen LogP contribution in [-0.4, -0.2) is 27.0 Å². The van der Waals surface area contributed by atoms with Gasteiger partial charge in [0.15, 0.2) is 5.65 Å². The standard InChI is InChI=1S/C20H24N4O/c1-5-10-21-20(25)18-12-22-24-15(4)17(14(3)23-19(18)24)11-16-9-7-6-8-13(16)2/h6-9,12H,5,10-11H2,1-4H3,(H,21,25). The first kappa shape index (κ1) is 17.1. The Morgan fingerprint density at radius 3 is 2.68 bits per heavy atom. The average Bonchev–Trinajstić information content (AvgIpc) is 3.02. The number of amides is 1. The lowest BCUT2D eigenvalue weighted by molar-refractivity contribution is 0.0955. The quantitative estimate of drug-likeness (QED) is 0.777. The highest BCUT2D eigenvalue weighted by atomic mass is 16.1. The third-order valence-electron chi connectivity index (χ3n) is 4.62. The molecule has 3 aromatic rings. The lowest BCUT2D eigenvalue weighted by Gasteiger charge is -2.13. The van der Waals surface area contributed by atoms with Gasteiger partial charge in [0.25, 0.3) is 5.91 Å². The molecular formula is C20H24N4O. The Hall–Kier alpha value is -2.69. The smallest absolute Gasteiger partial charge is 0.256 e. The lowest BCUT2D eigenvalue weighted by atomic mass is 9.99. The van der Waals surface area contributed by atoms with Crippen molar-refractivity contribution in [1.82, 2.24) is 19.9 Å². The number of nitrogens with one attached hydrogen (secondary N) is 1. The Morgan fingerprint density at radius 1 is 1.20 bits per heavy atom. The van der Waals surface area contributed by atoms with E-state index in [1.807, 2.05) is 20.8 Å². The monoisotopic (exact) mass is 336 g/mol. The summed E-state index contributed by atoms with van der Waals surface area (Å²) in [6.45, 7) is 8.84. The van der Waals surface area contributed by atoms with Gasteiger partial charge in [-0.3, -0.25) is 4.79 Å². The minimum absolute atomic E-state index is 0.116. The first-order chi connectivity index (χ1) is 12.0. The van der Waals surface area contributed by atoms with E-state index in [1.54, 1.807) is 10.7 Å². The third-order valence-corrected chi connectivity index (χ3v) is 4.62. The molecular weight excluding hydrogens is 312 g/mol.